The minimum absolute atomic E-state index is 0.0483. The SMILES string of the molecule is O=C1[C@H]2CCC[C@H]2N(C(=O)CCCCCn2ccnc2)c2ccccc2N1Cc1ccccc1. The normalized spacial score (nSPS) is 19.6. The Balaban J connectivity index is 1.35. The van der Waals surface area contributed by atoms with E-state index in [-0.39, 0.29) is 23.8 Å². The minimum atomic E-state index is -0.138. The quantitative estimate of drug-likeness (QED) is 0.438. The number of carbonyl (C=O) groups excluding carboxylic acids is 2. The van der Waals surface area contributed by atoms with Crippen molar-refractivity contribution < 1.29 is 9.59 Å². The standard InChI is InChI=1S/C28H32N4O2/c33-27(16-5-2-8-18-30-19-17-29-21-30)32-24-15-9-12-23(24)28(34)31(20-22-10-3-1-4-11-22)25-13-6-7-14-26(25)32/h1,3-4,6-7,10-11,13-14,17,19,21,23-24H,2,5,8-9,12,15-16,18,20H2/t23-,24+/m0/s1. The topological polar surface area (TPSA) is 58.4 Å². The van der Waals surface area contributed by atoms with Gasteiger partial charge in [-0.2, -0.15) is 0 Å². The molecule has 34 heavy (non-hydrogen) atoms. The molecule has 1 fully saturated rings. The van der Waals surface area contributed by atoms with Gasteiger partial charge in [0, 0.05) is 31.4 Å². The summed E-state index contributed by atoms with van der Waals surface area (Å²) < 4.78 is 2.07. The van der Waals surface area contributed by atoms with Crippen LogP contribution in [0.2, 0.25) is 0 Å². The fourth-order valence-electron chi connectivity index (χ4n) is 5.47. The zero-order chi connectivity index (χ0) is 23.3. The van der Waals surface area contributed by atoms with Crippen LogP contribution in [0.15, 0.2) is 73.3 Å². The van der Waals surface area contributed by atoms with Gasteiger partial charge in [-0.05, 0) is 43.4 Å². The number of anilines is 2. The summed E-state index contributed by atoms with van der Waals surface area (Å²) in [6, 6.07) is 18.0. The maximum absolute atomic E-state index is 13.8. The number of aryl methyl sites for hydroxylation is 1. The first-order chi connectivity index (χ1) is 16.7. The van der Waals surface area contributed by atoms with Crippen LogP contribution >= 0.6 is 0 Å². The molecule has 3 aromatic rings. The molecule has 0 N–H and O–H groups in total. The molecule has 1 aliphatic heterocycles. The predicted molar refractivity (Wildman–Crippen MR) is 133 cm³/mol. The van der Waals surface area contributed by atoms with Crippen molar-refractivity contribution in [3.63, 3.8) is 0 Å². The zero-order valence-electron chi connectivity index (χ0n) is 19.6. The summed E-state index contributed by atoms with van der Waals surface area (Å²) in [6.07, 6.45) is 11.7. The van der Waals surface area contributed by atoms with Crippen LogP contribution in [0.3, 0.4) is 0 Å². The highest BCUT2D eigenvalue weighted by Gasteiger charge is 2.45. The summed E-state index contributed by atoms with van der Waals surface area (Å²) >= 11 is 0. The van der Waals surface area contributed by atoms with Gasteiger partial charge in [-0.25, -0.2) is 4.98 Å². The highest BCUT2D eigenvalue weighted by molar-refractivity contribution is 6.06. The number of rotatable bonds is 8. The lowest BCUT2D eigenvalue weighted by molar-refractivity contribution is -0.123. The Hall–Kier alpha value is -3.41. The molecule has 0 unspecified atom stereocenters. The van der Waals surface area contributed by atoms with E-state index in [2.05, 4.69) is 21.7 Å². The number of amides is 2. The Morgan fingerprint density at radius 1 is 0.941 bits per heavy atom. The highest BCUT2D eigenvalue weighted by Crippen LogP contribution is 2.43. The van der Waals surface area contributed by atoms with E-state index in [9.17, 15) is 9.59 Å². The Morgan fingerprint density at radius 3 is 2.53 bits per heavy atom. The monoisotopic (exact) mass is 456 g/mol. The number of imidazole rings is 1. The molecule has 1 saturated carbocycles. The molecule has 0 bridgehead atoms. The van der Waals surface area contributed by atoms with Gasteiger partial charge in [-0.1, -0.05) is 55.3 Å². The van der Waals surface area contributed by atoms with Crippen LogP contribution in [-0.2, 0) is 22.7 Å². The van der Waals surface area contributed by atoms with Crippen molar-refractivity contribution in [3.8, 4) is 0 Å². The van der Waals surface area contributed by atoms with Crippen molar-refractivity contribution >= 4 is 23.2 Å². The van der Waals surface area contributed by atoms with Crippen molar-refractivity contribution in [1.29, 1.82) is 0 Å². The van der Waals surface area contributed by atoms with Crippen LogP contribution in [0.25, 0.3) is 0 Å². The lowest BCUT2D eigenvalue weighted by Crippen LogP contribution is -2.45. The molecule has 6 nitrogen and oxygen atoms in total. The van der Waals surface area contributed by atoms with Gasteiger partial charge in [-0.3, -0.25) is 9.59 Å². The molecule has 2 aliphatic rings. The van der Waals surface area contributed by atoms with Gasteiger partial charge in [0.2, 0.25) is 11.8 Å². The fourth-order valence-corrected chi connectivity index (χ4v) is 5.47. The first-order valence-electron chi connectivity index (χ1n) is 12.4. The molecule has 6 heteroatoms. The van der Waals surface area contributed by atoms with Crippen LogP contribution in [0.4, 0.5) is 11.4 Å². The predicted octanol–water partition coefficient (Wildman–Crippen LogP) is 5.19. The smallest absolute Gasteiger partial charge is 0.232 e. The molecular formula is C28H32N4O2. The Morgan fingerprint density at radius 2 is 1.74 bits per heavy atom. The van der Waals surface area contributed by atoms with Crippen LogP contribution in [0, 0.1) is 5.92 Å². The van der Waals surface area contributed by atoms with Crippen LogP contribution in [-0.4, -0.2) is 27.4 Å². The van der Waals surface area contributed by atoms with Gasteiger partial charge in [0.25, 0.3) is 0 Å². The number of para-hydroxylation sites is 2. The number of hydrogen-bond acceptors (Lipinski definition) is 3. The van der Waals surface area contributed by atoms with Crippen molar-refractivity contribution in [1.82, 2.24) is 9.55 Å². The largest absolute Gasteiger partial charge is 0.337 e. The number of fused-ring (bicyclic) bond motifs is 2. The first-order valence-corrected chi connectivity index (χ1v) is 12.4. The molecule has 0 spiro atoms. The van der Waals surface area contributed by atoms with E-state index in [4.69, 9.17) is 0 Å². The van der Waals surface area contributed by atoms with Crippen molar-refractivity contribution in [2.24, 2.45) is 5.92 Å². The van der Waals surface area contributed by atoms with E-state index in [1.807, 2.05) is 64.8 Å². The molecule has 2 amide bonds. The van der Waals surface area contributed by atoms with E-state index in [0.717, 1.165) is 62.0 Å². The van der Waals surface area contributed by atoms with Gasteiger partial charge >= 0.3 is 0 Å². The number of aromatic nitrogens is 2. The lowest BCUT2D eigenvalue weighted by Gasteiger charge is -2.30. The maximum Gasteiger partial charge on any atom is 0.232 e. The highest BCUT2D eigenvalue weighted by atomic mass is 16.2. The number of carbonyl (C=O) groups is 2. The summed E-state index contributed by atoms with van der Waals surface area (Å²) in [5, 5.41) is 0. The average Bonchev–Trinajstić information content (AvgIpc) is 3.54. The number of nitrogens with zero attached hydrogens (tertiary/aromatic N) is 4. The molecule has 2 aromatic carbocycles. The minimum Gasteiger partial charge on any atom is -0.337 e. The first kappa shape index (κ1) is 22.4. The van der Waals surface area contributed by atoms with E-state index in [1.165, 1.54) is 0 Å². The Kier molecular flexibility index (Phi) is 6.74. The molecular weight excluding hydrogens is 424 g/mol. The number of unbranched alkanes of at least 4 members (excludes halogenated alkanes) is 2. The Bertz CT molecular complexity index is 1110. The van der Waals surface area contributed by atoms with E-state index < -0.39 is 0 Å². The molecule has 2 atom stereocenters. The van der Waals surface area contributed by atoms with E-state index >= 15 is 0 Å². The third-order valence-corrected chi connectivity index (χ3v) is 7.14. The second kappa shape index (κ2) is 10.2. The van der Waals surface area contributed by atoms with Crippen LogP contribution in [0.1, 0.15) is 50.5 Å². The van der Waals surface area contributed by atoms with Crippen molar-refractivity contribution in [2.45, 2.75) is 64.1 Å². The van der Waals surface area contributed by atoms with Crippen LogP contribution in [0.5, 0.6) is 0 Å². The molecule has 1 aromatic heterocycles. The summed E-state index contributed by atoms with van der Waals surface area (Å²) in [5.41, 5.74) is 2.82. The van der Waals surface area contributed by atoms with E-state index in [0.29, 0.717) is 13.0 Å². The molecule has 176 valence electrons. The molecule has 5 rings (SSSR count). The van der Waals surface area contributed by atoms with Crippen molar-refractivity contribution in [2.75, 3.05) is 9.80 Å². The second-order valence-electron chi connectivity index (χ2n) is 9.38. The Labute approximate surface area is 201 Å². The summed E-state index contributed by atoms with van der Waals surface area (Å²) in [6.45, 7) is 1.45. The second-order valence-corrected chi connectivity index (χ2v) is 9.38. The summed E-state index contributed by atoms with van der Waals surface area (Å²) in [4.78, 5) is 35.3. The molecule has 0 radical (unpaired) electrons. The zero-order valence-corrected chi connectivity index (χ0v) is 19.6. The van der Waals surface area contributed by atoms with Gasteiger partial charge in [0.15, 0.2) is 0 Å². The van der Waals surface area contributed by atoms with Gasteiger partial charge in [-0.15, -0.1) is 0 Å². The van der Waals surface area contributed by atoms with Gasteiger partial charge < -0.3 is 14.4 Å². The van der Waals surface area contributed by atoms with Crippen LogP contribution < -0.4 is 9.80 Å². The average molecular weight is 457 g/mol. The third kappa shape index (κ3) is 4.63. The summed E-state index contributed by atoms with van der Waals surface area (Å²) in [7, 11) is 0. The van der Waals surface area contributed by atoms with Gasteiger partial charge in [0.1, 0.15) is 0 Å². The maximum atomic E-state index is 13.8. The van der Waals surface area contributed by atoms with Crippen molar-refractivity contribution in [3.05, 3.63) is 78.9 Å². The number of hydrogen-bond donors (Lipinski definition) is 0. The molecule has 2 heterocycles. The molecule has 1 aliphatic carbocycles. The summed E-state index contributed by atoms with van der Waals surface area (Å²) in [5.74, 6) is 0.150. The fraction of sp³-hybridized carbons (Fsp3) is 0.393. The van der Waals surface area contributed by atoms with E-state index in [1.54, 1.807) is 6.20 Å². The van der Waals surface area contributed by atoms with Gasteiger partial charge in [0.05, 0.1) is 30.2 Å². The lowest BCUT2D eigenvalue weighted by atomic mass is 10.00. The third-order valence-electron chi connectivity index (χ3n) is 7.14. The molecule has 0 saturated heterocycles. The number of benzene rings is 2.